The third-order valence-electron chi connectivity index (χ3n) is 3.99. The van der Waals surface area contributed by atoms with Crippen LogP contribution in [0.3, 0.4) is 0 Å². The third-order valence-corrected chi connectivity index (χ3v) is 3.99. The molecule has 3 aromatic rings. The van der Waals surface area contributed by atoms with Crippen molar-refractivity contribution in [1.82, 2.24) is 4.90 Å². The van der Waals surface area contributed by atoms with Gasteiger partial charge in [0.25, 0.3) is 11.6 Å². The fourth-order valence-electron chi connectivity index (χ4n) is 2.59. The molecule has 0 unspecified atom stereocenters. The zero-order chi connectivity index (χ0) is 19.2. The Morgan fingerprint density at radius 2 is 1.48 bits per heavy atom. The number of nitrogens with zero attached hydrogens (tertiary/aromatic N) is 2. The van der Waals surface area contributed by atoms with Crippen molar-refractivity contribution in [2.75, 3.05) is 7.05 Å². The highest BCUT2D eigenvalue weighted by Gasteiger charge is 2.12. The first-order valence-corrected chi connectivity index (χ1v) is 8.35. The molecule has 0 aromatic heterocycles. The predicted octanol–water partition coefficient (Wildman–Crippen LogP) is 4.66. The molecule has 0 aliphatic rings. The van der Waals surface area contributed by atoms with E-state index in [1.54, 1.807) is 36.2 Å². The molecular formula is C21H18N2O4. The summed E-state index contributed by atoms with van der Waals surface area (Å²) in [6.45, 7) is 0.528. The maximum atomic E-state index is 12.5. The Bertz CT molecular complexity index is 923. The smallest absolute Gasteiger partial charge is 0.269 e. The summed E-state index contributed by atoms with van der Waals surface area (Å²) in [6, 6.07) is 22.4. The number of hydrogen-bond donors (Lipinski definition) is 0. The topological polar surface area (TPSA) is 72.7 Å². The van der Waals surface area contributed by atoms with Crippen molar-refractivity contribution >= 4 is 11.6 Å². The van der Waals surface area contributed by atoms with Crippen LogP contribution in [0.15, 0.2) is 78.9 Å². The highest BCUT2D eigenvalue weighted by molar-refractivity contribution is 5.94. The number of carbonyl (C=O) groups excluding carboxylic acids is 1. The lowest BCUT2D eigenvalue weighted by atomic mass is 10.1. The number of hydrogen-bond acceptors (Lipinski definition) is 4. The molecule has 136 valence electrons. The summed E-state index contributed by atoms with van der Waals surface area (Å²) < 4.78 is 5.66. The van der Waals surface area contributed by atoms with E-state index < -0.39 is 4.92 Å². The average Bonchev–Trinajstić information content (AvgIpc) is 2.69. The van der Waals surface area contributed by atoms with E-state index in [1.165, 1.54) is 24.3 Å². The molecule has 1 amide bonds. The minimum Gasteiger partial charge on any atom is -0.457 e. The van der Waals surface area contributed by atoms with Gasteiger partial charge in [0.2, 0.25) is 0 Å². The van der Waals surface area contributed by atoms with Crippen LogP contribution < -0.4 is 4.74 Å². The molecule has 0 N–H and O–H groups in total. The van der Waals surface area contributed by atoms with Gasteiger partial charge in [0, 0.05) is 31.3 Å². The molecule has 0 aliphatic heterocycles. The average molecular weight is 362 g/mol. The van der Waals surface area contributed by atoms with Crippen LogP contribution in [0, 0.1) is 10.1 Å². The van der Waals surface area contributed by atoms with Gasteiger partial charge in [-0.1, -0.05) is 30.3 Å². The van der Waals surface area contributed by atoms with E-state index in [2.05, 4.69) is 0 Å². The van der Waals surface area contributed by atoms with E-state index in [9.17, 15) is 14.9 Å². The lowest BCUT2D eigenvalue weighted by molar-refractivity contribution is -0.384. The van der Waals surface area contributed by atoms with E-state index in [0.29, 0.717) is 23.6 Å². The minimum atomic E-state index is -0.462. The van der Waals surface area contributed by atoms with E-state index >= 15 is 0 Å². The molecule has 0 atom stereocenters. The number of nitro benzene ring substituents is 1. The maximum absolute atomic E-state index is 12.5. The molecule has 0 spiro atoms. The Morgan fingerprint density at radius 1 is 0.926 bits per heavy atom. The summed E-state index contributed by atoms with van der Waals surface area (Å²) >= 11 is 0. The van der Waals surface area contributed by atoms with Gasteiger partial charge in [0.1, 0.15) is 11.5 Å². The van der Waals surface area contributed by atoms with Gasteiger partial charge in [-0.25, -0.2) is 0 Å². The van der Waals surface area contributed by atoms with Gasteiger partial charge < -0.3 is 9.64 Å². The normalized spacial score (nSPS) is 10.3. The van der Waals surface area contributed by atoms with Crippen molar-refractivity contribution in [3.05, 3.63) is 100 Å². The molecule has 0 bridgehead atoms. The first-order valence-electron chi connectivity index (χ1n) is 8.35. The van der Waals surface area contributed by atoms with Gasteiger partial charge in [-0.15, -0.1) is 0 Å². The second-order valence-electron chi connectivity index (χ2n) is 6.02. The fourth-order valence-corrected chi connectivity index (χ4v) is 2.59. The zero-order valence-corrected chi connectivity index (χ0v) is 14.7. The molecular weight excluding hydrogens is 344 g/mol. The Labute approximate surface area is 156 Å². The van der Waals surface area contributed by atoms with Crippen LogP contribution in [0.25, 0.3) is 0 Å². The lowest BCUT2D eigenvalue weighted by Crippen LogP contribution is -2.26. The number of benzene rings is 3. The molecule has 0 radical (unpaired) electrons. The van der Waals surface area contributed by atoms with Crippen molar-refractivity contribution in [2.45, 2.75) is 6.54 Å². The second kappa shape index (κ2) is 8.14. The SMILES string of the molecule is CN(Cc1ccccc1)C(=O)c1ccc(Oc2ccc([N+](=O)[O-])cc2)cc1. The van der Waals surface area contributed by atoms with Crippen LogP contribution >= 0.6 is 0 Å². The summed E-state index contributed by atoms with van der Waals surface area (Å²) in [4.78, 5) is 24.4. The van der Waals surface area contributed by atoms with Gasteiger partial charge in [0.05, 0.1) is 4.92 Å². The molecule has 6 heteroatoms. The van der Waals surface area contributed by atoms with Crippen LogP contribution in [-0.2, 0) is 6.54 Å². The molecule has 27 heavy (non-hydrogen) atoms. The van der Waals surface area contributed by atoms with Crippen LogP contribution in [0.5, 0.6) is 11.5 Å². The molecule has 3 rings (SSSR count). The van der Waals surface area contributed by atoms with Crippen molar-refractivity contribution in [2.24, 2.45) is 0 Å². The van der Waals surface area contributed by atoms with Gasteiger partial charge in [0.15, 0.2) is 0 Å². The Morgan fingerprint density at radius 3 is 2.04 bits per heavy atom. The Hall–Kier alpha value is -3.67. The number of nitro groups is 1. The molecule has 0 saturated carbocycles. The number of carbonyl (C=O) groups is 1. The predicted molar refractivity (Wildman–Crippen MR) is 102 cm³/mol. The minimum absolute atomic E-state index is 0.00440. The van der Waals surface area contributed by atoms with Crippen molar-refractivity contribution < 1.29 is 14.5 Å². The quantitative estimate of drug-likeness (QED) is 0.472. The summed E-state index contributed by atoms with van der Waals surface area (Å²) in [7, 11) is 1.76. The summed E-state index contributed by atoms with van der Waals surface area (Å²) in [5.41, 5.74) is 1.63. The van der Waals surface area contributed by atoms with Gasteiger partial charge >= 0.3 is 0 Å². The number of rotatable bonds is 6. The molecule has 0 aliphatic carbocycles. The lowest BCUT2D eigenvalue weighted by Gasteiger charge is -2.17. The third kappa shape index (κ3) is 4.70. The molecule has 0 fully saturated rings. The first kappa shape index (κ1) is 18.1. The monoisotopic (exact) mass is 362 g/mol. The highest BCUT2D eigenvalue weighted by atomic mass is 16.6. The Balaban J connectivity index is 1.63. The van der Waals surface area contributed by atoms with Crippen molar-refractivity contribution in [3.8, 4) is 11.5 Å². The fraction of sp³-hybridized carbons (Fsp3) is 0.0952. The molecule has 3 aromatic carbocycles. The van der Waals surface area contributed by atoms with Crippen LogP contribution in [0.4, 0.5) is 5.69 Å². The summed E-state index contributed by atoms with van der Waals surface area (Å²) in [6.07, 6.45) is 0. The second-order valence-corrected chi connectivity index (χ2v) is 6.02. The first-order chi connectivity index (χ1) is 13.0. The van der Waals surface area contributed by atoms with E-state index in [4.69, 9.17) is 4.74 Å². The van der Waals surface area contributed by atoms with Crippen LogP contribution in [-0.4, -0.2) is 22.8 Å². The van der Waals surface area contributed by atoms with E-state index in [0.717, 1.165) is 5.56 Å². The number of non-ortho nitro benzene ring substituents is 1. The number of ether oxygens (including phenoxy) is 1. The molecule has 0 heterocycles. The van der Waals surface area contributed by atoms with Crippen molar-refractivity contribution in [3.63, 3.8) is 0 Å². The van der Waals surface area contributed by atoms with E-state index in [1.807, 2.05) is 30.3 Å². The van der Waals surface area contributed by atoms with Crippen LogP contribution in [0.1, 0.15) is 15.9 Å². The van der Waals surface area contributed by atoms with Gasteiger partial charge in [-0.3, -0.25) is 14.9 Å². The van der Waals surface area contributed by atoms with Gasteiger partial charge in [-0.2, -0.15) is 0 Å². The zero-order valence-electron chi connectivity index (χ0n) is 14.7. The maximum Gasteiger partial charge on any atom is 0.269 e. The van der Waals surface area contributed by atoms with Gasteiger partial charge in [-0.05, 0) is 42.0 Å². The van der Waals surface area contributed by atoms with Crippen LogP contribution in [0.2, 0.25) is 0 Å². The largest absolute Gasteiger partial charge is 0.457 e. The highest BCUT2D eigenvalue weighted by Crippen LogP contribution is 2.24. The summed E-state index contributed by atoms with van der Waals surface area (Å²) in [5.74, 6) is 0.952. The summed E-state index contributed by atoms with van der Waals surface area (Å²) in [5, 5.41) is 10.7. The molecule has 0 saturated heterocycles. The standard InChI is InChI=1S/C21H18N2O4/c1-22(15-16-5-3-2-4-6-16)21(24)17-7-11-19(12-8-17)27-20-13-9-18(10-14-20)23(25)26/h2-14H,15H2,1H3. The van der Waals surface area contributed by atoms with Crippen molar-refractivity contribution in [1.29, 1.82) is 0 Å². The van der Waals surface area contributed by atoms with E-state index in [-0.39, 0.29) is 11.6 Å². The molecule has 6 nitrogen and oxygen atoms in total. The Kier molecular flexibility index (Phi) is 5.47. The number of amides is 1.